The largest absolute Gasteiger partial charge is 0.496 e. The number of ether oxygens (including phenoxy) is 1. The summed E-state index contributed by atoms with van der Waals surface area (Å²) in [7, 11) is 1.65. The summed E-state index contributed by atoms with van der Waals surface area (Å²) in [6, 6.07) is 5.93. The average molecular weight is 220 g/mol. The van der Waals surface area contributed by atoms with Crippen LogP contribution in [0.15, 0.2) is 18.2 Å². The minimum absolute atomic E-state index is 0.529. The van der Waals surface area contributed by atoms with Crippen LogP contribution in [0.1, 0.15) is 25.0 Å². The van der Waals surface area contributed by atoms with Gasteiger partial charge in [-0.15, -0.1) is 0 Å². The van der Waals surface area contributed by atoms with Crippen LogP contribution in [0.5, 0.6) is 5.75 Å². The van der Waals surface area contributed by atoms with Crippen LogP contribution in [0.2, 0.25) is 0 Å². The van der Waals surface area contributed by atoms with E-state index < -0.39 is 0 Å². The van der Waals surface area contributed by atoms with Gasteiger partial charge in [0.05, 0.1) is 12.7 Å². The standard InChI is InChI=1S/C13H20N2O/c1-5-15(6-2)13(14)11-8-7-10(3)9-12(11)16-4/h7-9,14H,5-6H2,1-4H3. The molecule has 3 heteroatoms. The van der Waals surface area contributed by atoms with Crippen molar-refractivity contribution in [2.75, 3.05) is 20.2 Å². The van der Waals surface area contributed by atoms with Crippen molar-refractivity contribution in [1.29, 1.82) is 5.41 Å². The van der Waals surface area contributed by atoms with Crippen LogP contribution >= 0.6 is 0 Å². The maximum Gasteiger partial charge on any atom is 0.131 e. The number of rotatable bonds is 4. The lowest BCUT2D eigenvalue weighted by atomic mass is 10.1. The quantitative estimate of drug-likeness (QED) is 0.625. The van der Waals surface area contributed by atoms with Crippen molar-refractivity contribution in [1.82, 2.24) is 4.90 Å². The first-order chi connectivity index (χ1) is 7.63. The van der Waals surface area contributed by atoms with E-state index in [1.54, 1.807) is 7.11 Å². The first-order valence-electron chi connectivity index (χ1n) is 5.62. The highest BCUT2D eigenvalue weighted by molar-refractivity contribution is 5.99. The van der Waals surface area contributed by atoms with Crippen LogP contribution in [0.25, 0.3) is 0 Å². The molecule has 0 amide bonds. The molecule has 0 aliphatic carbocycles. The Hall–Kier alpha value is -1.51. The van der Waals surface area contributed by atoms with E-state index in [1.165, 1.54) is 0 Å². The first kappa shape index (κ1) is 12.6. The summed E-state index contributed by atoms with van der Waals surface area (Å²) in [6.45, 7) is 7.81. The monoisotopic (exact) mass is 220 g/mol. The minimum Gasteiger partial charge on any atom is -0.496 e. The van der Waals surface area contributed by atoms with Gasteiger partial charge in [0, 0.05) is 13.1 Å². The second kappa shape index (κ2) is 5.54. The summed E-state index contributed by atoms with van der Waals surface area (Å²) in [5, 5.41) is 8.15. The molecule has 0 spiro atoms. The van der Waals surface area contributed by atoms with Crippen LogP contribution < -0.4 is 4.74 Å². The molecule has 1 rings (SSSR count). The molecule has 0 aromatic heterocycles. The van der Waals surface area contributed by atoms with E-state index in [0.29, 0.717) is 5.84 Å². The van der Waals surface area contributed by atoms with Crippen molar-refractivity contribution in [3.63, 3.8) is 0 Å². The molecule has 0 radical (unpaired) electrons. The lowest BCUT2D eigenvalue weighted by Gasteiger charge is -2.23. The molecule has 1 aromatic rings. The van der Waals surface area contributed by atoms with Crippen molar-refractivity contribution in [2.24, 2.45) is 0 Å². The minimum atomic E-state index is 0.529. The molecule has 0 saturated heterocycles. The van der Waals surface area contributed by atoms with Crippen LogP contribution in [0.4, 0.5) is 0 Å². The normalized spacial score (nSPS) is 10.0. The van der Waals surface area contributed by atoms with Crippen LogP contribution in [0, 0.1) is 12.3 Å². The van der Waals surface area contributed by atoms with Gasteiger partial charge in [-0.25, -0.2) is 0 Å². The third-order valence-electron chi connectivity index (χ3n) is 2.69. The summed E-state index contributed by atoms with van der Waals surface area (Å²) in [4.78, 5) is 2.01. The molecule has 1 aromatic carbocycles. The number of benzene rings is 1. The Morgan fingerprint density at radius 1 is 1.31 bits per heavy atom. The van der Waals surface area contributed by atoms with Gasteiger partial charge in [-0.3, -0.25) is 5.41 Å². The van der Waals surface area contributed by atoms with Crippen molar-refractivity contribution < 1.29 is 4.74 Å². The zero-order chi connectivity index (χ0) is 12.1. The SMILES string of the molecule is CCN(CC)C(=N)c1ccc(C)cc1OC. The molecule has 0 bridgehead atoms. The highest BCUT2D eigenvalue weighted by Crippen LogP contribution is 2.21. The van der Waals surface area contributed by atoms with E-state index in [-0.39, 0.29) is 0 Å². The maximum atomic E-state index is 8.15. The van der Waals surface area contributed by atoms with Gasteiger partial charge in [-0.2, -0.15) is 0 Å². The number of amidine groups is 1. The molecule has 3 nitrogen and oxygen atoms in total. The fourth-order valence-electron chi connectivity index (χ4n) is 1.70. The van der Waals surface area contributed by atoms with E-state index in [4.69, 9.17) is 10.1 Å². The molecule has 1 N–H and O–H groups in total. The lowest BCUT2D eigenvalue weighted by molar-refractivity contribution is 0.409. The zero-order valence-electron chi connectivity index (χ0n) is 10.5. The summed E-state index contributed by atoms with van der Waals surface area (Å²) in [5.41, 5.74) is 2.00. The molecular formula is C13H20N2O. The Kier molecular flexibility index (Phi) is 4.35. The Labute approximate surface area is 97.5 Å². The average Bonchev–Trinajstić information content (AvgIpc) is 2.30. The smallest absolute Gasteiger partial charge is 0.131 e. The van der Waals surface area contributed by atoms with E-state index in [9.17, 15) is 0 Å². The summed E-state index contributed by atoms with van der Waals surface area (Å²) >= 11 is 0. The number of nitrogens with zero attached hydrogens (tertiary/aromatic N) is 1. The lowest BCUT2D eigenvalue weighted by Crippen LogP contribution is -2.30. The van der Waals surface area contributed by atoms with E-state index >= 15 is 0 Å². The van der Waals surface area contributed by atoms with Crippen molar-refractivity contribution >= 4 is 5.84 Å². The molecule has 0 saturated carbocycles. The molecule has 88 valence electrons. The van der Waals surface area contributed by atoms with Crippen molar-refractivity contribution in [3.8, 4) is 5.75 Å². The summed E-state index contributed by atoms with van der Waals surface area (Å²) in [6.07, 6.45) is 0. The molecule has 0 aliphatic heterocycles. The van der Waals surface area contributed by atoms with Gasteiger partial charge >= 0.3 is 0 Å². The predicted octanol–water partition coefficient (Wildman–Crippen LogP) is 2.67. The highest BCUT2D eigenvalue weighted by atomic mass is 16.5. The number of aryl methyl sites for hydroxylation is 1. The molecular weight excluding hydrogens is 200 g/mol. The maximum absolute atomic E-state index is 8.15. The fraction of sp³-hybridized carbons (Fsp3) is 0.462. The fourth-order valence-corrected chi connectivity index (χ4v) is 1.70. The van der Waals surface area contributed by atoms with Crippen molar-refractivity contribution in [3.05, 3.63) is 29.3 Å². The van der Waals surface area contributed by atoms with Crippen LogP contribution in [-0.2, 0) is 0 Å². The number of methoxy groups -OCH3 is 1. The Morgan fingerprint density at radius 3 is 2.44 bits per heavy atom. The van der Waals surface area contributed by atoms with Gasteiger partial charge in [0.25, 0.3) is 0 Å². The Balaban J connectivity index is 3.07. The predicted molar refractivity (Wildman–Crippen MR) is 67.5 cm³/mol. The van der Waals surface area contributed by atoms with Gasteiger partial charge in [0.15, 0.2) is 0 Å². The Bertz CT molecular complexity index is 370. The third kappa shape index (κ3) is 2.54. The van der Waals surface area contributed by atoms with Crippen LogP contribution in [0.3, 0.4) is 0 Å². The number of hydrogen-bond donors (Lipinski definition) is 1. The van der Waals surface area contributed by atoms with Gasteiger partial charge < -0.3 is 9.64 Å². The molecule has 0 fully saturated rings. The van der Waals surface area contributed by atoms with E-state index in [2.05, 4.69) is 13.8 Å². The second-order valence-electron chi connectivity index (χ2n) is 3.72. The van der Waals surface area contributed by atoms with Crippen LogP contribution in [-0.4, -0.2) is 30.9 Å². The topological polar surface area (TPSA) is 36.3 Å². The zero-order valence-corrected chi connectivity index (χ0v) is 10.5. The Morgan fingerprint density at radius 2 is 1.94 bits per heavy atom. The second-order valence-corrected chi connectivity index (χ2v) is 3.72. The number of nitrogens with one attached hydrogen (secondary N) is 1. The highest BCUT2D eigenvalue weighted by Gasteiger charge is 2.13. The third-order valence-corrected chi connectivity index (χ3v) is 2.69. The van der Waals surface area contributed by atoms with Gasteiger partial charge in [-0.05, 0) is 38.5 Å². The molecule has 0 aliphatic rings. The van der Waals surface area contributed by atoms with Gasteiger partial charge in [0.2, 0.25) is 0 Å². The molecule has 0 atom stereocenters. The first-order valence-corrected chi connectivity index (χ1v) is 5.62. The van der Waals surface area contributed by atoms with Crippen molar-refractivity contribution in [2.45, 2.75) is 20.8 Å². The molecule has 0 unspecified atom stereocenters. The summed E-state index contributed by atoms with van der Waals surface area (Å²) in [5.74, 6) is 1.30. The molecule has 16 heavy (non-hydrogen) atoms. The van der Waals surface area contributed by atoms with E-state index in [0.717, 1.165) is 30.0 Å². The van der Waals surface area contributed by atoms with Gasteiger partial charge in [-0.1, -0.05) is 6.07 Å². The molecule has 0 heterocycles. The van der Waals surface area contributed by atoms with E-state index in [1.807, 2.05) is 30.0 Å². The number of hydrogen-bond acceptors (Lipinski definition) is 2. The summed E-state index contributed by atoms with van der Waals surface area (Å²) < 4.78 is 5.32. The van der Waals surface area contributed by atoms with Gasteiger partial charge in [0.1, 0.15) is 11.6 Å².